The summed E-state index contributed by atoms with van der Waals surface area (Å²) in [6.45, 7) is 3.66. The number of hydrogen-bond donors (Lipinski definition) is 0. The minimum Gasteiger partial charge on any atom is -0.495 e. The van der Waals surface area contributed by atoms with Crippen LogP contribution in [0.15, 0.2) is 58.0 Å². The molecule has 2 aromatic heterocycles. The van der Waals surface area contributed by atoms with Crippen LogP contribution in [-0.4, -0.2) is 43.7 Å². The second kappa shape index (κ2) is 9.48. The van der Waals surface area contributed by atoms with Crippen LogP contribution >= 0.6 is 11.3 Å². The van der Waals surface area contributed by atoms with E-state index < -0.39 is 10.0 Å². The van der Waals surface area contributed by atoms with E-state index in [2.05, 4.69) is 0 Å². The Morgan fingerprint density at radius 1 is 1.16 bits per heavy atom. The van der Waals surface area contributed by atoms with Crippen LogP contribution in [0.1, 0.15) is 38.7 Å². The number of rotatable bonds is 8. The van der Waals surface area contributed by atoms with Crippen molar-refractivity contribution in [1.82, 2.24) is 9.21 Å². The van der Waals surface area contributed by atoms with Gasteiger partial charge in [0.1, 0.15) is 16.4 Å². The van der Waals surface area contributed by atoms with Crippen molar-refractivity contribution in [2.75, 3.05) is 20.2 Å². The highest BCUT2D eigenvalue weighted by Crippen LogP contribution is 2.31. The molecule has 7 nitrogen and oxygen atoms in total. The molecule has 1 aromatic carbocycles. The van der Waals surface area contributed by atoms with E-state index in [4.69, 9.17) is 9.15 Å². The first-order valence-corrected chi connectivity index (χ1v) is 12.7. The van der Waals surface area contributed by atoms with Crippen molar-refractivity contribution in [3.8, 4) is 5.75 Å². The van der Waals surface area contributed by atoms with Gasteiger partial charge in [0.2, 0.25) is 10.0 Å². The minimum absolute atomic E-state index is 0.0256. The van der Waals surface area contributed by atoms with Gasteiger partial charge in [0.05, 0.1) is 26.5 Å². The molecule has 0 saturated carbocycles. The Labute approximate surface area is 192 Å². The third-order valence-electron chi connectivity index (χ3n) is 5.45. The molecule has 0 atom stereocenters. The lowest BCUT2D eigenvalue weighted by Gasteiger charge is -2.23. The molecule has 9 heteroatoms. The van der Waals surface area contributed by atoms with Gasteiger partial charge >= 0.3 is 0 Å². The molecule has 0 bridgehead atoms. The Morgan fingerprint density at radius 2 is 1.94 bits per heavy atom. The second-order valence-corrected chi connectivity index (χ2v) is 11.0. The minimum atomic E-state index is -3.75. The fraction of sp³-hybridized carbons (Fsp3) is 0.348. The molecule has 1 amide bonds. The number of methoxy groups -OCH3 is 1. The van der Waals surface area contributed by atoms with Gasteiger partial charge in [-0.2, -0.15) is 4.31 Å². The van der Waals surface area contributed by atoms with Gasteiger partial charge in [0, 0.05) is 28.4 Å². The lowest BCUT2D eigenvalue weighted by Crippen LogP contribution is -2.31. The zero-order valence-electron chi connectivity index (χ0n) is 18.1. The predicted octanol–water partition coefficient (Wildman–Crippen LogP) is 4.29. The summed E-state index contributed by atoms with van der Waals surface area (Å²) in [6.07, 6.45) is 3.23. The topological polar surface area (TPSA) is 80.1 Å². The van der Waals surface area contributed by atoms with E-state index in [1.807, 2.05) is 25.1 Å². The molecule has 1 aliphatic heterocycles. The average molecular weight is 475 g/mol. The van der Waals surface area contributed by atoms with Crippen LogP contribution < -0.4 is 4.74 Å². The van der Waals surface area contributed by atoms with Crippen LogP contribution in [0.5, 0.6) is 5.75 Å². The maximum Gasteiger partial charge on any atom is 0.254 e. The van der Waals surface area contributed by atoms with E-state index in [-0.39, 0.29) is 23.1 Å². The molecular weight excluding hydrogens is 448 g/mol. The van der Waals surface area contributed by atoms with Gasteiger partial charge in [0.15, 0.2) is 0 Å². The number of sulfonamides is 1. The molecule has 0 unspecified atom stereocenters. The zero-order valence-corrected chi connectivity index (χ0v) is 19.7. The third kappa shape index (κ3) is 4.74. The normalized spacial score (nSPS) is 14.6. The highest BCUT2D eigenvalue weighted by molar-refractivity contribution is 7.89. The summed E-state index contributed by atoms with van der Waals surface area (Å²) >= 11 is 1.62. The van der Waals surface area contributed by atoms with E-state index in [9.17, 15) is 13.2 Å². The summed E-state index contributed by atoms with van der Waals surface area (Å²) in [7, 11) is -2.31. The Bertz CT molecular complexity index is 1180. The van der Waals surface area contributed by atoms with Gasteiger partial charge in [-0.05, 0) is 62.2 Å². The van der Waals surface area contributed by atoms with Crippen LogP contribution in [0.4, 0.5) is 0 Å². The van der Waals surface area contributed by atoms with Gasteiger partial charge in [-0.3, -0.25) is 4.79 Å². The van der Waals surface area contributed by atoms with Crippen molar-refractivity contribution >= 4 is 27.3 Å². The SMILES string of the molecule is COc1ccc(C(=O)N(Cc2ccco2)Cc2ccc(C)s2)cc1S(=O)(=O)N1CCCC1. The van der Waals surface area contributed by atoms with Gasteiger partial charge in [-0.25, -0.2) is 8.42 Å². The summed E-state index contributed by atoms with van der Waals surface area (Å²) in [6, 6.07) is 12.2. The standard InChI is InChI=1S/C23H26N2O5S2/c1-17-7-9-20(31-17)16-24(15-19-6-5-13-30-19)23(26)18-8-10-21(29-2)22(14-18)32(27,28)25-11-3-4-12-25/h5-10,13-14H,3-4,11-12,15-16H2,1-2H3. The van der Waals surface area contributed by atoms with Crippen molar-refractivity contribution in [3.05, 3.63) is 69.8 Å². The maximum atomic E-state index is 13.5. The third-order valence-corrected chi connectivity index (χ3v) is 8.36. The number of amides is 1. The number of thiophene rings is 1. The predicted molar refractivity (Wildman–Crippen MR) is 122 cm³/mol. The lowest BCUT2D eigenvalue weighted by molar-refractivity contribution is 0.0719. The number of hydrogen-bond acceptors (Lipinski definition) is 6. The smallest absolute Gasteiger partial charge is 0.254 e. The van der Waals surface area contributed by atoms with Crippen molar-refractivity contribution in [2.24, 2.45) is 0 Å². The number of benzene rings is 1. The Hall–Kier alpha value is -2.62. The zero-order chi connectivity index (χ0) is 22.7. The fourth-order valence-corrected chi connectivity index (χ4v) is 6.41. The van der Waals surface area contributed by atoms with Crippen LogP contribution in [0.25, 0.3) is 0 Å². The summed E-state index contributed by atoms with van der Waals surface area (Å²) in [5.41, 5.74) is 0.295. The highest BCUT2D eigenvalue weighted by atomic mass is 32.2. The number of aryl methyl sites for hydroxylation is 1. The van der Waals surface area contributed by atoms with E-state index in [0.29, 0.717) is 31.0 Å². The number of ether oxygens (including phenoxy) is 1. The molecule has 1 aliphatic rings. The molecule has 32 heavy (non-hydrogen) atoms. The average Bonchev–Trinajstić information content (AvgIpc) is 3.56. The van der Waals surface area contributed by atoms with E-state index in [1.165, 1.54) is 17.5 Å². The van der Waals surface area contributed by atoms with Crippen molar-refractivity contribution in [1.29, 1.82) is 0 Å². The molecule has 1 fully saturated rings. The number of carbonyl (C=O) groups excluding carboxylic acids is 1. The molecule has 4 rings (SSSR count). The first-order valence-electron chi connectivity index (χ1n) is 10.4. The van der Waals surface area contributed by atoms with Gasteiger partial charge in [0.25, 0.3) is 5.91 Å². The molecule has 170 valence electrons. The molecule has 0 spiro atoms. The quantitative estimate of drug-likeness (QED) is 0.487. The summed E-state index contributed by atoms with van der Waals surface area (Å²) in [4.78, 5) is 17.4. The van der Waals surface area contributed by atoms with Gasteiger partial charge in [-0.15, -0.1) is 11.3 Å². The summed E-state index contributed by atoms with van der Waals surface area (Å²) in [5, 5.41) is 0. The lowest BCUT2D eigenvalue weighted by atomic mass is 10.1. The van der Waals surface area contributed by atoms with E-state index >= 15 is 0 Å². The molecular formula is C23H26N2O5S2. The first-order chi connectivity index (χ1) is 15.4. The van der Waals surface area contributed by atoms with E-state index in [1.54, 1.807) is 40.7 Å². The second-order valence-electron chi connectivity index (χ2n) is 7.73. The first kappa shape index (κ1) is 22.6. The monoisotopic (exact) mass is 474 g/mol. The fourth-order valence-electron chi connectivity index (χ4n) is 3.81. The van der Waals surface area contributed by atoms with Gasteiger partial charge in [-0.1, -0.05) is 0 Å². The van der Waals surface area contributed by atoms with Crippen molar-refractivity contribution in [2.45, 2.75) is 37.8 Å². The Morgan fingerprint density at radius 3 is 2.56 bits per heavy atom. The summed E-state index contributed by atoms with van der Waals surface area (Å²) < 4.78 is 38.7. The van der Waals surface area contributed by atoms with Crippen LogP contribution in [0.3, 0.4) is 0 Å². The maximum absolute atomic E-state index is 13.5. The number of furan rings is 1. The molecule has 3 aromatic rings. The Balaban J connectivity index is 1.68. The largest absolute Gasteiger partial charge is 0.495 e. The van der Waals surface area contributed by atoms with Crippen LogP contribution in [-0.2, 0) is 23.1 Å². The molecule has 0 N–H and O–H groups in total. The molecule has 1 saturated heterocycles. The van der Waals surface area contributed by atoms with Crippen molar-refractivity contribution < 1.29 is 22.4 Å². The number of carbonyl (C=O) groups is 1. The van der Waals surface area contributed by atoms with Crippen LogP contribution in [0.2, 0.25) is 0 Å². The van der Waals surface area contributed by atoms with E-state index in [0.717, 1.165) is 22.6 Å². The molecule has 0 aliphatic carbocycles. The highest BCUT2D eigenvalue weighted by Gasteiger charge is 2.31. The van der Waals surface area contributed by atoms with Crippen molar-refractivity contribution in [3.63, 3.8) is 0 Å². The summed E-state index contributed by atoms with van der Waals surface area (Å²) in [5.74, 6) is 0.623. The van der Waals surface area contributed by atoms with Crippen LogP contribution in [0, 0.1) is 6.92 Å². The Kier molecular flexibility index (Phi) is 6.68. The molecule has 0 radical (unpaired) electrons. The van der Waals surface area contributed by atoms with Gasteiger partial charge < -0.3 is 14.1 Å². The number of nitrogens with zero attached hydrogens (tertiary/aromatic N) is 2. The molecule has 3 heterocycles.